The van der Waals surface area contributed by atoms with E-state index >= 15 is 0 Å². The van der Waals surface area contributed by atoms with E-state index in [0.29, 0.717) is 6.54 Å². The summed E-state index contributed by atoms with van der Waals surface area (Å²) in [6.07, 6.45) is 0.823. The third kappa shape index (κ3) is 5.84. The largest absolute Gasteiger partial charge is 0.395 e. The van der Waals surface area contributed by atoms with Crippen LogP contribution < -0.4 is 5.32 Å². The summed E-state index contributed by atoms with van der Waals surface area (Å²) >= 11 is 0. The van der Waals surface area contributed by atoms with Gasteiger partial charge in [-0.05, 0) is 26.8 Å². The molecule has 0 aromatic rings. The first-order chi connectivity index (χ1) is 5.12. The smallest absolute Gasteiger partial charge is 0.0684 e. The molecule has 64 valence electrons. The Morgan fingerprint density at radius 1 is 1.45 bits per heavy atom. The molecule has 0 amide bonds. The monoisotopic (exact) mass is 156 g/mol. The second kappa shape index (κ2) is 5.11. The average Bonchev–Trinajstić information content (AvgIpc) is 1.99. The van der Waals surface area contributed by atoms with E-state index in [1.807, 2.05) is 13.8 Å². The van der Waals surface area contributed by atoms with Gasteiger partial charge in [0.05, 0.1) is 18.1 Å². The molecule has 0 aromatic heterocycles. The molecule has 0 aromatic carbocycles. The number of nitriles is 1. The van der Waals surface area contributed by atoms with Crippen LogP contribution in [0.15, 0.2) is 0 Å². The maximum absolute atomic E-state index is 8.62. The van der Waals surface area contributed by atoms with Crippen molar-refractivity contribution in [2.75, 3.05) is 19.7 Å². The predicted molar refractivity (Wildman–Crippen MR) is 44.0 cm³/mol. The van der Waals surface area contributed by atoms with Crippen LogP contribution in [0.2, 0.25) is 0 Å². The highest BCUT2D eigenvalue weighted by atomic mass is 16.3. The minimum Gasteiger partial charge on any atom is -0.395 e. The van der Waals surface area contributed by atoms with E-state index < -0.39 is 0 Å². The molecule has 0 aliphatic rings. The summed E-state index contributed by atoms with van der Waals surface area (Å²) in [4.78, 5) is 0. The van der Waals surface area contributed by atoms with Gasteiger partial charge in [-0.3, -0.25) is 0 Å². The zero-order valence-electron chi connectivity index (χ0n) is 7.22. The fourth-order valence-electron chi connectivity index (χ4n) is 0.661. The van der Waals surface area contributed by atoms with E-state index in [2.05, 4.69) is 11.4 Å². The van der Waals surface area contributed by atoms with Gasteiger partial charge in [0.1, 0.15) is 0 Å². The van der Waals surface area contributed by atoms with E-state index in [0.717, 1.165) is 13.0 Å². The summed E-state index contributed by atoms with van der Waals surface area (Å²) in [6, 6.07) is 2.22. The summed E-state index contributed by atoms with van der Waals surface area (Å²) in [6.45, 7) is 5.39. The third-order valence-electron chi connectivity index (χ3n) is 1.52. The van der Waals surface area contributed by atoms with Gasteiger partial charge in [-0.2, -0.15) is 5.26 Å². The van der Waals surface area contributed by atoms with Crippen molar-refractivity contribution in [3.05, 3.63) is 0 Å². The Kier molecular flexibility index (Phi) is 4.84. The molecule has 0 saturated heterocycles. The number of hydrogen-bond acceptors (Lipinski definition) is 3. The summed E-state index contributed by atoms with van der Waals surface area (Å²) < 4.78 is 0. The first-order valence-electron chi connectivity index (χ1n) is 3.85. The molecular formula is C8H16N2O. The van der Waals surface area contributed by atoms with Crippen molar-refractivity contribution in [2.24, 2.45) is 5.41 Å². The number of hydrogen-bond donors (Lipinski definition) is 2. The fraction of sp³-hybridized carbons (Fsp3) is 0.875. The molecule has 0 spiro atoms. The zero-order valence-corrected chi connectivity index (χ0v) is 7.22. The van der Waals surface area contributed by atoms with E-state index in [9.17, 15) is 0 Å². The number of nitrogens with one attached hydrogen (secondary N) is 1. The lowest BCUT2D eigenvalue weighted by molar-refractivity contribution is 0.288. The van der Waals surface area contributed by atoms with Crippen LogP contribution in [0.4, 0.5) is 0 Å². The van der Waals surface area contributed by atoms with Gasteiger partial charge >= 0.3 is 0 Å². The number of aliphatic hydroxyl groups is 1. The van der Waals surface area contributed by atoms with Gasteiger partial charge in [0.15, 0.2) is 0 Å². The Morgan fingerprint density at radius 2 is 2.09 bits per heavy atom. The summed E-state index contributed by atoms with van der Waals surface area (Å²) in [5, 5.41) is 20.1. The molecule has 0 radical (unpaired) electrons. The molecule has 0 rings (SSSR count). The summed E-state index contributed by atoms with van der Waals surface area (Å²) in [5.41, 5.74) is -0.248. The van der Waals surface area contributed by atoms with Gasteiger partial charge in [-0.1, -0.05) is 0 Å². The highest BCUT2D eigenvalue weighted by molar-refractivity contribution is 4.91. The molecule has 11 heavy (non-hydrogen) atoms. The van der Waals surface area contributed by atoms with Crippen LogP contribution in [-0.4, -0.2) is 24.8 Å². The van der Waals surface area contributed by atoms with Crippen LogP contribution in [0, 0.1) is 16.7 Å². The Balaban J connectivity index is 3.32. The first kappa shape index (κ1) is 10.4. The average molecular weight is 156 g/mol. The lowest BCUT2D eigenvalue weighted by atomic mass is 9.92. The molecule has 0 fully saturated rings. The SMILES string of the molecule is CC(C)(C#N)CCNCCO. The molecule has 0 heterocycles. The van der Waals surface area contributed by atoms with Crippen LogP contribution in [-0.2, 0) is 0 Å². The number of rotatable bonds is 5. The molecule has 3 heteroatoms. The van der Waals surface area contributed by atoms with Crippen molar-refractivity contribution < 1.29 is 5.11 Å². The summed E-state index contributed by atoms with van der Waals surface area (Å²) in [5.74, 6) is 0. The highest BCUT2D eigenvalue weighted by Gasteiger charge is 2.14. The molecule has 0 unspecified atom stereocenters. The van der Waals surface area contributed by atoms with Crippen LogP contribution in [0.5, 0.6) is 0 Å². The van der Waals surface area contributed by atoms with E-state index in [-0.39, 0.29) is 12.0 Å². The van der Waals surface area contributed by atoms with Crippen molar-refractivity contribution >= 4 is 0 Å². The zero-order chi connectivity index (χ0) is 8.74. The van der Waals surface area contributed by atoms with Gasteiger partial charge in [-0.15, -0.1) is 0 Å². The molecule has 0 bridgehead atoms. The van der Waals surface area contributed by atoms with Crippen LogP contribution in [0.3, 0.4) is 0 Å². The molecular weight excluding hydrogens is 140 g/mol. The molecule has 0 aliphatic carbocycles. The minimum atomic E-state index is -0.248. The van der Waals surface area contributed by atoms with Gasteiger partial charge in [-0.25, -0.2) is 0 Å². The van der Waals surface area contributed by atoms with Crippen molar-refractivity contribution in [1.29, 1.82) is 5.26 Å². The van der Waals surface area contributed by atoms with Gasteiger partial charge < -0.3 is 10.4 Å². The fourth-order valence-corrected chi connectivity index (χ4v) is 0.661. The molecule has 0 saturated carbocycles. The van der Waals surface area contributed by atoms with Crippen LogP contribution in [0.25, 0.3) is 0 Å². The van der Waals surface area contributed by atoms with E-state index in [1.165, 1.54) is 0 Å². The number of nitrogens with zero attached hydrogens (tertiary/aromatic N) is 1. The van der Waals surface area contributed by atoms with Gasteiger partial charge in [0.25, 0.3) is 0 Å². The van der Waals surface area contributed by atoms with Crippen LogP contribution in [0.1, 0.15) is 20.3 Å². The number of aliphatic hydroxyl groups excluding tert-OH is 1. The molecule has 0 atom stereocenters. The first-order valence-corrected chi connectivity index (χ1v) is 3.85. The van der Waals surface area contributed by atoms with E-state index in [4.69, 9.17) is 10.4 Å². The Bertz CT molecular complexity index is 138. The lowest BCUT2D eigenvalue weighted by Crippen LogP contribution is -2.23. The molecule has 3 nitrogen and oxygen atoms in total. The van der Waals surface area contributed by atoms with Gasteiger partial charge in [0.2, 0.25) is 0 Å². The predicted octanol–water partition coefficient (Wildman–Crippen LogP) is 0.508. The summed E-state index contributed by atoms with van der Waals surface area (Å²) in [7, 11) is 0. The molecule has 0 aliphatic heterocycles. The maximum Gasteiger partial charge on any atom is 0.0684 e. The Labute approximate surface area is 68.0 Å². The normalized spacial score (nSPS) is 11.1. The Hall–Kier alpha value is -0.590. The molecule has 2 N–H and O–H groups in total. The third-order valence-corrected chi connectivity index (χ3v) is 1.52. The van der Waals surface area contributed by atoms with Crippen molar-refractivity contribution in [3.8, 4) is 6.07 Å². The highest BCUT2D eigenvalue weighted by Crippen LogP contribution is 2.16. The quantitative estimate of drug-likeness (QED) is 0.570. The lowest BCUT2D eigenvalue weighted by Gasteiger charge is -2.14. The maximum atomic E-state index is 8.62. The van der Waals surface area contributed by atoms with Gasteiger partial charge in [0, 0.05) is 6.54 Å². The van der Waals surface area contributed by atoms with Crippen molar-refractivity contribution in [2.45, 2.75) is 20.3 Å². The van der Waals surface area contributed by atoms with E-state index in [1.54, 1.807) is 0 Å². The standard InChI is InChI=1S/C8H16N2O/c1-8(2,7-9)3-4-10-5-6-11/h10-11H,3-6H2,1-2H3. The second-order valence-corrected chi connectivity index (χ2v) is 3.22. The van der Waals surface area contributed by atoms with Crippen molar-refractivity contribution in [1.82, 2.24) is 5.32 Å². The van der Waals surface area contributed by atoms with Crippen molar-refractivity contribution in [3.63, 3.8) is 0 Å². The van der Waals surface area contributed by atoms with Crippen LogP contribution >= 0.6 is 0 Å². The Morgan fingerprint density at radius 3 is 2.55 bits per heavy atom. The topological polar surface area (TPSA) is 56.0 Å². The minimum absolute atomic E-state index is 0.160. The second-order valence-electron chi connectivity index (χ2n) is 3.22.